The molecule has 2 rings (SSSR count). The zero-order valence-electron chi connectivity index (χ0n) is 14.6. The minimum atomic E-state index is -0.895. The molecule has 24 heavy (non-hydrogen) atoms. The molecular weight excluding hydrogens is 306 g/mol. The van der Waals surface area contributed by atoms with Crippen molar-refractivity contribution in [1.82, 2.24) is 5.32 Å². The van der Waals surface area contributed by atoms with Crippen LogP contribution in [-0.2, 0) is 4.74 Å². The number of ether oxygens (including phenoxy) is 1. The SMILES string of the molecule is CN/C(=C(\C=N)C1(O)CC1)c1ccc(NC(=O)OC(C)(C)C)cc1. The maximum absolute atomic E-state index is 11.8. The van der Waals surface area contributed by atoms with E-state index in [2.05, 4.69) is 10.6 Å². The summed E-state index contributed by atoms with van der Waals surface area (Å²) in [6.07, 6.45) is 2.03. The lowest BCUT2D eigenvalue weighted by Gasteiger charge is -2.20. The average Bonchev–Trinajstić information content (AvgIpc) is 3.22. The number of rotatable bonds is 5. The molecule has 1 aliphatic carbocycles. The van der Waals surface area contributed by atoms with E-state index in [4.69, 9.17) is 10.1 Å². The van der Waals surface area contributed by atoms with E-state index >= 15 is 0 Å². The second kappa shape index (κ2) is 6.65. The molecule has 130 valence electrons. The summed E-state index contributed by atoms with van der Waals surface area (Å²) in [7, 11) is 1.76. The Balaban J connectivity index is 2.18. The first-order chi connectivity index (χ1) is 11.2. The topological polar surface area (TPSA) is 94.4 Å². The van der Waals surface area contributed by atoms with Gasteiger partial charge in [-0.3, -0.25) is 5.32 Å². The van der Waals surface area contributed by atoms with E-state index in [1.807, 2.05) is 12.1 Å². The van der Waals surface area contributed by atoms with Gasteiger partial charge in [-0.25, -0.2) is 4.79 Å². The largest absolute Gasteiger partial charge is 0.444 e. The van der Waals surface area contributed by atoms with Crippen LogP contribution in [0, 0.1) is 5.41 Å². The van der Waals surface area contributed by atoms with Gasteiger partial charge in [-0.2, -0.15) is 0 Å². The van der Waals surface area contributed by atoms with Crippen molar-refractivity contribution in [1.29, 1.82) is 5.41 Å². The molecule has 0 unspecified atom stereocenters. The van der Waals surface area contributed by atoms with Gasteiger partial charge in [0.2, 0.25) is 0 Å². The van der Waals surface area contributed by atoms with Crippen molar-refractivity contribution in [2.24, 2.45) is 0 Å². The fraction of sp³-hybridized carbons (Fsp3) is 0.444. The molecule has 1 fully saturated rings. The Morgan fingerprint density at radius 2 is 1.88 bits per heavy atom. The monoisotopic (exact) mass is 331 g/mol. The molecule has 0 aliphatic heterocycles. The van der Waals surface area contributed by atoms with E-state index in [1.54, 1.807) is 40.0 Å². The summed E-state index contributed by atoms with van der Waals surface area (Å²) in [4.78, 5) is 11.8. The third-order valence-electron chi connectivity index (χ3n) is 3.71. The fourth-order valence-electron chi connectivity index (χ4n) is 2.40. The maximum Gasteiger partial charge on any atom is 0.412 e. The van der Waals surface area contributed by atoms with Gasteiger partial charge in [-0.1, -0.05) is 12.1 Å². The summed E-state index contributed by atoms with van der Waals surface area (Å²) in [5.74, 6) is 0. The first-order valence-electron chi connectivity index (χ1n) is 7.94. The lowest BCUT2D eigenvalue weighted by Crippen LogP contribution is -2.27. The number of amides is 1. The number of anilines is 1. The zero-order chi connectivity index (χ0) is 18.0. The fourth-order valence-corrected chi connectivity index (χ4v) is 2.40. The van der Waals surface area contributed by atoms with Gasteiger partial charge in [-0.05, 0) is 51.3 Å². The lowest BCUT2D eigenvalue weighted by atomic mass is 10.0. The summed E-state index contributed by atoms with van der Waals surface area (Å²) in [5.41, 5.74) is 1.31. The molecular formula is C18H25N3O3. The van der Waals surface area contributed by atoms with E-state index < -0.39 is 17.3 Å². The van der Waals surface area contributed by atoms with Crippen LogP contribution in [0.4, 0.5) is 10.5 Å². The molecule has 6 heteroatoms. The third-order valence-corrected chi connectivity index (χ3v) is 3.71. The van der Waals surface area contributed by atoms with Gasteiger partial charge in [0.05, 0.1) is 5.60 Å². The highest BCUT2D eigenvalue weighted by atomic mass is 16.6. The molecule has 0 aromatic heterocycles. The van der Waals surface area contributed by atoms with E-state index in [9.17, 15) is 9.90 Å². The van der Waals surface area contributed by atoms with Crippen LogP contribution in [0.2, 0.25) is 0 Å². The van der Waals surface area contributed by atoms with Crippen molar-refractivity contribution in [3.05, 3.63) is 35.4 Å². The highest BCUT2D eigenvalue weighted by molar-refractivity contribution is 5.92. The first kappa shape index (κ1) is 18.0. The van der Waals surface area contributed by atoms with E-state index in [0.29, 0.717) is 29.8 Å². The summed E-state index contributed by atoms with van der Waals surface area (Å²) < 4.78 is 5.21. The lowest BCUT2D eigenvalue weighted by molar-refractivity contribution is 0.0636. The minimum Gasteiger partial charge on any atom is -0.444 e. The molecule has 1 amide bonds. The standard InChI is InChI=1S/C18H25N3O3/c1-17(2,3)24-16(22)21-13-7-5-12(6-8-13)15(20-4)14(11-19)18(23)9-10-18/h5-8,11,19-20,23H,9-10H2,1-4H3,(H,21,22)/b15-14+,19-11?. The predicted octanol–water partition coefficient (Wildman–Crippen LogP) is 3.14. The molecule has 0 spiro atoms. The van der Waals surface area contributed by atoms with Gasteiger partial charge in [0.25, 0.3) is 0 Å². The Kier molecular flexibility index (Phi) is 4.99. The van der Waals surface area contributed by atoms with E-state index in [-0.39, 0.29) is 0 Å². The normalized spacial score (nSPS) is 16.7. The summed E-state index contributed by atoms with van der Waals surface area (Å²) in [5, 5.41) is 23.7. The molecule has 1 saturated carbocycles. The molecule has 0 saturated heterocycles. The number of hydrogen-bond donors (Lipinski definition) is 4. The van der Waals surface area contributed by atoms with Crippen LogP contribution in [0.15, 0.2) is 29.8 Å². The van der Waals surface area contributed by atoms with Gasteiger partial charge in [0.1, 0.15) is 5.60 Å². The molecule has 0 radical (unpaired) electrons. The number of carbonyl (C=O) groups is 1. The molecule has 6 nitrogen and oxygen atoms in total. The molecule has 4 N–H and O–H groups in total. The highest BCUT2D eigenvalue weighted by Gasteiger charge is 2.44. The summed E-state index contributed by atoms with van der Waals surface area (Å²) in [6, 6.07) is 7.17. The Morgan fingerprint density at radius 3 is 2.29 bits per heavy atom. The number of carbonyl (C=O) groups excluding carboxylic acids is 1. The number of aliphatic hydroxyl groups is 1. The van der Waals surface area contributed by atoms with Crippen molar-refractivity contribution in [2.75, 3.05) is 12.4 Å². The van der Waals surface area contributed by atoms with Crippen LogP contribution < -0.4 is 10.6 Å². The molecule has 1 aromatic carbocycles. The highest BCUT2D eigenvalue weighted by Crippen LogP contribution is 2.43. The van der Waals surface area contributed by atoms with Crippen molar-refractivity contribution in [3.8, 4) is 0 Å². The Hall–Kier alpha value is -2.34. The van der Waals surface area contributed by atoms with Gasteiger partial charge >= 0.3 is 6.09 Å². The first-order valence-corrected chi connectivity index (χ1v) is 7.94. The third kappa shape index (κ3) is 4.35. The summed E-state index contributed by atoms with van der Waals surface area (Å²) >= 11 is 0. The van der Waals surface area contributed by atoms with Crippen molar-refractivity contribution >= 4 is 23.7 Å². The van der Waals surface area contributed by atoms with Crippen molar-refractivity contribution < 1.29 is 14.6 Å². The van der Waals surface area contributed by atoms with Gasteiger partial charge in [0, 0.05) is 30.2 Å². The molecule has 0 heterocycles. The number of hydrogen-bond acceptors (Lipinski definition) is 5. The second-order valence-electron chi connectivity index (χ2n) is 6.92. The molecule has 0 atom stereocenters. The summed E-state index contributed by atoms with van der Waals surface area (Å²) in [6.45, 7) is 5.42. The van der Waals surface area contributed by atoms with Crippen LogP contribution in [0.1, 0.15) is 39.2 Å². The second-order valence-corrected chi connectivity index (χ2v) is 6.92. The maximum atomic E-state index is 11.8. The van der Waals surface area contributed by atoms with E-state index in [1.165, 1.54) is 6.21 Å². The average molecular weight is 331 g/mol. The Morgan fingerprint density at radius 1 is 1.29 bits per heavy atom. The number of nitrogens with one attached hydrogen (secondary N) is 3. The van der Waals surface area contributed by atoms with Gasteiger partial charge in [0.15, 0.2) is 0 Å². The quantitative estimate of drug-likeness (QED) is 0.623. The number of benzene rings is 1. The van der Waals surface area contributed by atoms with Crippen LogP contribution >= 0.6 is 0 Å². The predicted molar refractivity (Wildman–Crippen MR) is 95.2 cm³/mol. The van der Waals surface area contributed by atoms with Crippen LogP contribution in [-0.4, -0.2) is 35.7 Å². The molecule has 1 aromatic rings. The van der Waals surface area contributed by atoms with Crippen LogP contribution in [0.5, 0.6) is 0 Å². The zero-order valence-corrected chi connectivity index (χ0v) is 14.6. The van der Waals surface area contributed by atoms with Crippen LogP contribution in [0.3, 0.4) is 0 Å². The van der Waals surface area contributed by atoms with Crippen molar-refractivity contribution in [2.45, 2.75) is 44.8 Å². The van der Waals surface area contributed by atoms with Gasteiger partial charge < -0.3 is 20.6 Å². The molecule has 1 aliphatic rings. The Bertz CT molecular complexity index is 653. The smallest absolute Gasteiger partial charge is 0.412 e. The molecule has 0 bridgehead atoms. The minimum absolute atomic E-state index is 0.507. The Labute approximate surface area is 142 Å². The van der Waals surface area contributed by atoms with Crippen molar-refractivity contribution in [3.63, 3.8) is 0 Å². The van der Waals surface area contributed by atoms with Gasteiger partial charge in [-0.15, -0.1) is 0 Å². The van der Waals surface area contributed by atoms with E-state index in [0.717, 1.165) is 5.56 Å². The van der Waals surface area contributed by atoms with Crippen LogP contribution in [0.25, 0.3) is 5.70 Å².